The summed E-state index contributed by atoms with van der Waals surface area (Å²) in [6.07, 6.45) is 7.27. The van der Waals surface area contributed by atoms with Crippen molar-refractivity contribution in [3.63, 3.8) is 0 Å². The van der Waals surface area contributed by atoms with Gasteiger partial charge in [-0.1, -0.05) is 6.42 Å². The molecule has 0 aliphatic heterocycles. The molecule has 0 saturated heterocycles. The van der Waals surface area contributed by atoms with E-state index in [9.17, 15) is 4.79 Å². The number of carbonyl (C=O) groups excluding carboxylic acids is 1. The zero-order valence-corrected chi connectivity index (χ0v) is 10.7. The van der Waals surface area contributed by atoms with Gasteiger partial charge in [0.05, 0.1) is 11.9 Å². The lowest BCUT2D eigenvalue weighted by molar-refractivity contribution is -0.120. The van der Waals surface area contributed by atoms with Gasteiger partial charge >= 0.3 is 0 Å². The Balaban J connectivity index is 0.00000144. The summed E-state index contributed by atoms with van der Waals surface area (Å²) in [5, 5.41) is 6.88. The van der Waals surface area contributed by atoms with Crippen LogP contribution in [-0.2, 0) is 11.8 Å². The molecule has 1 aliphatic rings. The summed E-state index contributed by atoms with van der Waals surface area (Å²) in [5.41, 5.74) is 6.62. The molecular formula is C11H19ClN4O. The van der Waals surface area contributed by atoms with E-state index in [1.807, 2.05) is 7.05 Å². The third kappa shape index (κ3) is 3.71. The number of nitrogens with zero attached hydrogens (tertiary/aromatic N) is 2. The molecule has 1 aromatic heterocycles. The summed E-state index contributed by atoms with van der Waals surface area (Å²) in [7, 11) is 1.83. The Morgan fingerprint density at radius 2 is 2.35 bits per heavy atom. The Morgan fingerprint density at radius 3 is 2.94 bits per heavy atom. The van der Waals surface area contributed by atoms with Crippen molar-refractivity contribution in [1.29, 1.82) is 0 Å². The monoisotopic (exact) mass is 258 g/mol. The summed E-state index contributed by atoms with van der Waals surface area (Å²) < 4.78 is 1.67. The molecule has 1 aromatic rings. The normalized spacial score (nSPS) is 23.9. The lowest BCUT2D eigenvalue weighted by Crippen LogP contribution is -2.34. The van der Waals surface area contributed by atoms with Gasteiger partial charge in [0.25, 0.3) is 0 Å². The van der Waals surface area contributed by atoms with E-state index in [1.54, 1.807) is 17.1 Å². The highest BCUT2D eigenvalue weighted by Crippen LogP contribution is 2.24. The predicted octanol–water partition coefficient (Wildman–Crippen LogP) is 1.30. The van der Waals surface area contributed by atoms with E-state index in [2.05, 4.69) is 10.4 Å². The molecule has 3 N–H and O–H groups in total. The van der Waals surface area contributed by atoms with Crippen LogP contribution in [0.25, 0.3) is 0 Å². The number of aromatic nitrogens is 2. The number of rotatable bonds is 2. The van der Waals surface area contributed by atoms with Crippen LogP contribution in [0.2, 0.25) is 0 Å². The number of anilines is 1. The second kappa shape index (κ2) is 6.02. The predicted molar refractivity (Wildman–Crippen MR) is 69.0 cm³/mol. The number of halogens is 1. The van der Waals surface area contributed by atoms with Crippen LogP contribution in [0.1, 0.15) is 25.7 Å². The Morgan fingerprint density at radius 1 is 1.59 bits per heavy atom. The molecule has 0 aromatic carbocycles. The highest BCUT2D eigenvalue weighted by atomic mass is 35.5. The Bertz CT molecular complexity index is 379. The number of amides is 1. The van der Waals surface area contributed by atoms with Gasteiger partial charge in [-0.05, 0) is 19.3 Å². The first-order chi connectivity index (χ1) is 7.65. The van der Waals surface area contributed by atoms with Crippen molar-refractivity contribution in [2.24, 2.45) is 18.7 Å². The second-order valence-electron chi connectivity index (χ2n) is 4.52. The SMILES string of the molecule is Cl.Cn1cc(NC(=O)C2CCCC(N)C2)cn1. The van der Waals surface area contributed by atoms with E-state index in [4.69, 9.17) is 5.73 Å². The molecule has 96 valence electrons. The molecule has 2 unspecified atom stereocenters. The van der Waals surface area contributed by atoms with Crippen molar-refractivity contribution in [1.82, 2.24) is 9.78 Å². The summed E-state index contributed by atoms with van der Waals surface area (Å²) in [6.45, 7) is 0. The molecule has 1 fully saturated rings. The molecular weight excluding hydrogens is 240 g/mol. The maximum Gasteiger partial charge on any atom is 0.227 e. The Hall–Kier alpha value is -1.07. The first kappa shape index (κ1) is 14.0. The fourth-order valence-corrected chi connectivity index (χ4v) is 2.20. The Labute approximate surface area is 107 Å². The summed E-state index contributed by atoms with van der Waals surface area (Å²) >= 11 is 0. The number of aryl methyl sites for hydroxylation is 1. The maximum absolute atomic E-state index is 11.9. The van der Waals surface area contributed by atoms with E-state index >= 15 is 0 Å². The first-order valence-electron chi connectivity index (χ1n) is 5.70. The molecule has 0 radical (unpaired) electrons. The molecule has 5 nitrogen and oxygen atoms in total. The highest BCUT2D eigenvalue weighted by molar-refractivity contribution is 5.92. The van der Waals surface area contributed by atoms with Gasteiger partial charge in [-0.3, -0.25) is 9.48 Å². The average Bonchev–Trinajstić information content (AvgIpc) is 2.64. The zero-order valence-electron chi connectivity index (χ0n) is 9.93. The minimum Gasteiger partial charge on any atom is -0.328 e. The highest BCUT2D eigenvalue weighted by Gasteiger charge is 2.25. The molecule has 0 spiro atoms. The van der Waals surface area contributed by atoms with Crippen LogP contribution in [0.3, 0.4) is 0 Å². The van der Waals surface area contributed by atoms with Crippen LogP contribution in [0.5, 0.6) is 0 Å². The topological polar surface area (TPSA) is 72.9 Å². The fourth-order valence-electron chi connectivity index (χ4n) is 2.20. The van der Waals surface area contributed by atoms with Gasteiger partial charge in [0.1, 0.15) is 0 Å². The van der Waals surface area contributed by atoms with Crippen molar-refractivity contribution in [2.75, 3.05) is 5.32 Å². The first-order valence-corrected chi connectivity index (χ1v) is 5.70. The summed E-state index contributed by atoms with van der Waals surface area (Å²) in [5.74, 6) is 0.132. The maximum atomic E-state index is 11.9. The molecule has 1 heterocycles. The number of hydrogen-bond donors (Lipinski definition) is 2. The van der Waals surface area contributed by atoms with Gasteiger partial charge in [0.2, 0.25) is 5.91 Å². The summed E-state index contributed by atoms with van der Waals surface area (Å²) in [6, 6.07) is 0.179. The van der Waals surface area contributed by atoms with Crippen LogP contribution >= 0.6 is 12.4 Å². The summed E-state index contributed by atoms with van der Waals surface area (Å²) in [4.78, 5) is 11.9. The second-order valence-corrected chi connectivity index (χ2v) is 4.52. The van der Waals surface area contributed by atoms with Crippen molar-refractivity contribution in [3.05, 3.63) is 12.4 Å². The minimum atomic E-state index is 0. The van der Waals surface area contributed by atoms with Crippen molar-refractivity contribution >= 4 is 24.0 Å². The number of nitrogens with one attached hydrogen (secondary N) is 1. The van der Waals surface area contributed by atoms with Crippen LogP contribution < -0.4 is 11.1 Å². The molecule has 2 rings (SSSR count). The van der Waals surface area contributed by atoms with Gasteiger partial charge < -0.3 is 11.1 Å². The quantitative estimate of drug-likeness (QED) is 0.840. The zero-order chi connectivity index (χ0) is 11.5. The average molecular weight is 259 g/mol. The van der Waals surface area contributed by atoms with Crippen molar-refractivity contribution in [3.8, 4) is 0 Å². The van der Waals surface area contributed by atoms with Crippen molar-refractivity contribution in [2.45, 2.75) is 31.7 Å². The molecule has 1 amide bonds. The van der Waals surface area contributed by atoms with Crippen LogP contribution in [0.4, 0.5) is 5.69 Å². The van der Waals surface area contributed by atoms with Gasteiger partial charge in [-0.15, -0.1) is 12.4 Å². The largest absolute Gasteiger partial charge is 0.328 e. The molecule has 1 saturated carbocycles. The molecule has 2 atom stereocenters. The number of hydrogen-bond acceptors (Lipinski definition) is 3. The third-order valence-corrected chi connectivity index (χ3v) is 3.06. The van der Waals surface area contributed by atoms with Gasteiger partial charge in [0.15, 0.2) is 0 Å². The standard InChI is InChI=1S/C11H18N4O.ClH/c1-15-7-10(6-13-15)14-11(16)8-3-2-4-9(12)5-8;/h6-9H,2-5,12H2,1H3,(H,14,16);1H. The van der Waals surface area contributed by atoms with E-state index < -0.39 is 0 Å². The van der Waals surface area contributed by atoms with E-state index in [0.29, 0.717) is 0 Å². The number of carbonyl (C=O) groups is 1. The molecule has 6 heteroatoms. The fraction of sp³-hybridized carbons (Fsp3) is 0.636. The smallest absolute Gasteiger partial charge is 0.227 e. The van der Waals surface area contributed by atoms with Crippen LogP contribution in [0.15, 0.2) is 12.4 Å². The van der Waals surface area contributed by atoms with Crippen molar-refractivity contribution < 1.29 is 4.79 Å². The number of nitrogens with two attached hydrogens (primary N) is 1. The third-order valence-electron chi connectivity index (χ3n) is 3.06. The minimum absolute atomic E-state index is 0. The lowest BCUT2D eigenvalue weighted by Gasteiger charge is -2.25. The lowest BCUT2D eigenvalue weighted by atomic mass is 9.85. The molecule has 0 bridgehead atoms. The van der Waals surface area contributed by atoms with Gasteiger partial charge in [0, 0.05) is 25.2 Å². The van der Waals surface area contributed by atoms with Gasteiger partial charge in [-0.2, -0.15) is 5.10 Å². The van der Waals surface area contributed by atoms with Crippen LogP contribution in [-0.4, -0.2) is 21.7 Å². The van der Waals surface area contributed by atoms with Crippen LogP contribution in [0, 0.1) is 5.92 Å². The van der Waals surface area contributed by atoms with E-state index in [1.165, 1.54) is 0 Å². The van der Waals surface area contributed by atoms with E-state index in [-0.39, 0.29) is 30.3 Å². The van der Waals surface area contributed by atoms with Gasteiger partial charge in [-0.25, -0.2) is 0 Å². The molecule has 1 aliphatic carbocycles. The van der Waals surface area contributed by atoms with E-state index in [0.717, 1.165) is 31.4 Å². The Kier molecular flexibility index (Phi) is 4.96. The molecule has 17 heavy (non-hydrogen) atoms.